The van der Waals surface area contributed by atoms with E-state index in [1.54, 1.807) is 0 Å². The summed E-state index contributed by atoms with van der Waals surface area (Å²) < 4.78 is 11.7. The van der Waals surface area contributed by atoms with Crippen LogP contribution in [0.25, 0.3) is 0 Å². The number of aryl methyl sites for hydroxylation is 2. The predicted molar refractivity (Wildman–Crippen MR) is 113 cm³/mol. The summed E-state index contributed by atoms with van der Waals surface area (Å²) in [6.45, 7) is 11.9. The molecule has 0 aromatic heterocycles. The maximum atomic E-state index is 12.9. The summed E-state index contributed by atoms with van der Waals surface area (Å²) in [6.07, 6.45) is 0.129. The van der Waals surface area contributed by atoms with Gasteiger partial charge in [-0.3, -0.25) is 4.79 Å². The van der Waals surface area contributed by atoms with Gasteiger partial charge in [-0.2, -0.15) is 0 Å². The zero-order valence-corrected chi connectivity index (χ0v) is 16.8. The first-order valence-corrected chi connectivity index (χ1v) is 9.63. The summed E-state index contributed by atoms with van der Waals surface area (Å²) in [5, 5.41) is 0.914. The molecule has 3 nitrogen and oxygen atoms in total. The van der Waals surface area contributed by atoms with Crippen LogP contribution in [-0.4, -0.2) is 36.6 Å². The van der Waals surface area contributed by atoms with Crippen LogP contribution in [0.15, 0.2) is 36.4 Å². The zero-order valence-electron chi connectivity index (χ0n) is 15.8. The standard InChI is InChI=1S/C21H27O3P.Li.H/c1-13(2)23-17-10-11-19(18(12-17)24-14(3)4)25-21(22)20-15(5)8-7-9-16(20)6;;/h7-14,25H,1-6H3;;. The Morgan fingerprint density at radius 1 is 0.923 bits per heavy atom. The maximum absolute atomic E-state index is 12.9. The molecule has 2 rings (SSSR count). The van der Waals surface area contributed by atoms with Crippen molar-refractivity contribution in [2.24, 2.45) is 0 Å². The summed E-state index contributed by atoms with van der Waals surface area (Å²) in [7, 11) is 0.0197. The fourth-order valence-electron chi connectivity index (χ4n) is 2.66. The van der Waals surface area contributed by atoms with E-state index in [-0.39, 0.29) is 45.2 Å². The van der Waals surface area contributed by atoms with Crippen LogP contribution in [0, 0.1) is 13.8 Å². The summed E-state index contributed by atoms with van der Waals surface area (Å²) in [5.74, 6) is 1.49. The van der Waals surface area contributed by atoms with E-state index in [1.165, 1.54) is 0 Å². The molecular weight excluding hydrogens is 338 g/mol. The molecule has 0 bridgehead atoms. The van der Waals surface area contributed by atoms with Crippen LogP contribution < -0.4 is 14.8 Å². The SMILES string of the molecule is Cc1cccc(C)c1C(=O)Pc1ccc(OC(C)C)cc1OC(C)C.[LiH]. The van der Waals surface area contributed by atoms with E-state index >= 15 is 0 Å². The first-order valence-electron chi connectivity index (χ1n) is 8.63. The minimum atomic E-state index is 0. The Hall–Kier alpha value is -1.26. The van der Waals surface area contributed by atoms with Gasteiger partial charge in [0.15, 0.2) is 5.52 Å². The average molecular weight is 366 g/mol. The summed E-state index contributed by atoms with van der Waals surface area (Å²) >= 11 is 0. The molecule has 1 unspecified atom stereocenters. The topological polar surface area (TPSA) is 35.5 Å². The van der Waals surface area contributed by atoms with Crippen LogP contribution in [0.5, 0.6) is 11.5 Å². The van der Waals surface area contributed by atoms with Crippen molar-refractivity contribution in [3.05, 3.63) is 53.1 Å². The number of rotatable bonds is 7. The molecule has 2 aromatic rings. The second-order valence-corrected chi connectivity index (χ2v) is 7.95. The quantitative estimate of drug-likeness (QED) is 0.539. The molecule has 2 aromatic carbocycles. The molecule has 0 saturated carbocycles. The average Bonchev–Trinajstić information content (AvgIpc) is 2.48. The summed E-state index contributed by atoms with van der Waals surface area (Å²) in [6, 6.07) is 11.7. The second-order valence-electron chi connectivity index (χ2n) is 6.71. The predicted octanol–water partition coefficient (Wildman–Crippen LogP) is 4.37. The molecule has 0 amide bonds. The van der Waals surface area contributed by atoms with Crippen LogP contribution in [0.2, 0.25) is 0 Å². The Balaban J connectivity index is 0.00000338. The third kappa shape index (κ3) is 6.17. The van der Waals surface area contributed by atoms with Gasteiger partial charge in [0.25, 0.3) is 0 Å². The molecule has 0 N–H and O–H groups in total. The molecule has 1 atom stereocenters. The Morgan fingerprint density at radius 2 is 1.50 bits per heavy atom. The Labute approximate surface area is 170 Å². The molecule has 0 saturated heterocycles. The van der Waals surface area contributed by atoms with E-state index in [9.17, 15) is 4.79 Å². The number of hydrogen-bond acceptors (Lipinski definition) is 3. The Kier molecular flexibility index (Phi) is 8.91. The van der Waals surface area contributed by atoms with Gasteiger partial charge >= 0.3 is 18.9 Å². The molecule has 0 radical (unpaired) electrons. The molecular formula is C21H28LiO3P. The second kappa shape index (κ2) is 10.2. The van der Waals surface area contributed by atoms with Gasteiger partial charge in [0.1, 0.15) is 11.5 Å². The van der Waals surface area contributed by atoms with Gasteiger partial charge in [-0.05, 0) is 73.4 Å². The number of benzene rings is 2. The molecule has 5 heteroatoms. The molecule has 0 aliphatic carbocycles. The molecule has 0 aliphatic heterocycles. The van der Waals surface area contributed by atoms with Gasteiger partial charge in [-0.15, -0.1) is 0 Å². The van der Waals surface area contributed by atoms with Crippen molar-refractivity contribution < 1.29 is 14.3 Å². The fraction of sp³-hybridized carbons (Fsp3) is 0.381. The number of hydrogen-bond donors (Lipinski definition) is 0. The first kappa shape index (κ1) is 22.8. The zero-order chi connectivity index (χ0) is 18.6. The molecule has 0 fully saturated rings. The van der Waals surface area contributed by atoms with E-state index in [4.69, 9.17) is 9.47 Å². The summed E-state index contributed by atoms with van der Waals surface area (Å²) in [5.41, 5.74) is 2.99. The summed E-state index contributed by atoms with van der Waals surface area (Å²) in [4.78, 5) is 12.9. The fourth-order valence-corrected chi connectivity index (χ4v) is 3.85. The van der Waals surface area contributed by atoms with Gasteiger partial charge in [0, 0.05) is 16.9 Å². The van der Waals surface area contributed by atoms with E-state index in [0.29, 0.717) is 0 Å². The van der Waals surface area contributed by atoms with E-state index < -0.39 is 0 Å². The minimum absolute atomic E-state index is 0. The van der Waals surface area contributed by atoms with Crippen molar-refractivity contribution in [2.75, 3.05) is 0 Å². The molecule has 0 spiro atoms. The van der Waals surface area contributed by atoms with Crippen LogP contribution in [0.1, 0.15) is 49.2 Å². The van der Waals surface area contributed by atoms with Gasteiger partial charge in [0.2, 0.25) is 0 Å². The first-order chi connectivity index (χ1) is 11.8. The van der Waals surface area contributed by atoms with Crippen molar-refractivity contribution in [1.82, 2.24) is 0 Å². The molecule has 0 heterocycles. The van der Waals surface area contributed by atoms with Crippen LogP contribution in [-0.2, 0) is 0 Å². The monoisotopic (exact) mass is 366 g/mol. The molecule has 0 aliphatic rings. The van der Waals surface area contributed by atoms with Gasteiger partial charge in [-0.25, -0.2) is 0 Å². The third-order valence-electron chi connectivity index (χ3n) is 3.64. The van der Waals surface area contributed by atoms with Gasteiger partial charge in [0.05, 0.1) is 12.2 Å². The van der Waals surface area contributed by atoms with E-state index in [2.05, 4.69) is 0 Å². The Bertz CT molecular complexity index is 737. The van der Waals surface area contributed by atoms with Crippen LogP contribution in [0.4, 0.5) is 0 Å². The van der Waals surface area contributed by atoms with E-state index in [0.717, 1.165) is 33.5 Å². The number of ether oxygens (including phenoxy) is 2. The third-order valence-corrected chi connectivity index (χ3v) is 4.80. The van der Waals surface area contributed by atoms with Gasteiger partial charge in [-0.1, -0.05) is 18.2 Å². The van der Waals surface area contributed by atoms with Crippen LogP contribution in [0.3, 0.4) is 0 Å². The van der Waals surface area contributed by atoms with Crippen molar-refractivity contribution in [1.29, 1.82) is 0 Å². The van der Waals surface area contributed by atoms with E-state index in [1.807, 2.05) is 77.9 Å². The molecule has 26 heavy (non-hydrogen) atoms. The Morgan fingerprint density at radius 3 is 2.04 bits per heavy atom. The van der Waals surface area contributed by atoms with Crippen LogP contribution >= 0.6 is 8.58 Å². The normalized spacial score (nSPS) is 11.1. The van der Waals surface area contributed by atoms with Crippen molar-refractivity contribution in [3.8, 4) is 11.5 Å². The van der Waals surface area contributed by atoms with Crippen molar-refractivity contribution in [2.45, 2.75) is 53.8 Å². The molecule has 136 valence electrons. The van der Waals surface area contributed by atoms with Gasteiger partial charge < -0.3 is 9.47 Å². The number of carbonyl (C=O) groups is 1. The van der Waals surface area contributed by atoms with Crippen molar-refractivity contribution >= 4 is 38.3 Å². The number of carbonyl (C=O) groups excluding carboxylic acids is 1. The van der Waals surface area contributed by atoms with Crippen molar-refractivity contribution in [3.63, 3.8) is 0 Å².